The molecule has 0 bridgehead atoms. The predicted molar refractivity (Wildman–Crippen MR) is 116 cm³/mol. The molecule has 1 saturated heterocycles. The van der Waals surface area contributed by atoms with E-state index in [0.29, 0.717) is 26.6 Å². The van der Waals surface area contributed by atoms with E-state index in [9.17, 15) is 4.79 Å². The predicted octanol–water partition coefficient (Wildman–Crippen LogP) is 6.11. The normalized spacial score (nSPS) is 16.8. The zero-order chi connectivity index (χ0) is 19.7. The molecule has 1 aliphatic rings. The molecular formula is C22H17ClN2O2S. The molecule has 4 rings (SSSR count). The Bertz CT molecular complexity index is 1130. The Balaban J connectivity index is 1.56. The molecule has 0 spiro atoms. The number of nitrogens with zero attached hydrogens (tertiary/aromatic N) is 1. The summed E-state index contributed by atoms with van der Waals surface area (Å²) in [5, 5.41) is 3.97. The highest BCUT2D eigenvalue weighted by Gasteiger charge is 2.24. The average molecular weight is 409 g/mol. The lowest BCUT2D eigenvalue weighted by atomic mass is 10.1. The molecule has 4 nitrogen and oxygen atoms in total. The maximum absolute atomic E-state index is 12.3. The number of aliphatic imine (C=N–C) groups is 1. The van der Waals surface area contributed by atoms with E-state index in [2.05, 4.69) is 17.2 Å². The molecule has 28 heavy (non-hydrogen) atoms. The zero-order valence-electron chi connectivity index (χ0n) is 15.3. The summed E-state index contributed by atoms with van der Waals surface area (Å²) in [5.41, 5.74) is 4.00. The Hall–Kier alpha value is -2.76. The van der Waals surface area contributed by atoms with E-state index in [1.807, 2.05) is 61.5 Å². The number of nitrogens with one attached hydrogen (secondary N) is 1. The fraction of sp³-hybridized carbons (Fsp3) is 0.0909. The second kappa shape index (κ2) is 7.70. The van der Waals surface area contributed by atoms with Crippen LogP contribution in [0.1, 0.15) is 16.9 Å². The van der Waals surface area contributed by atoms with Gasteiger partial charge in [0.15, 0.2) is 5.17 Å². The monoisotopic (exact) mass is 408 g/mol. The maximum Gasteiger partial charge on any atom is 0.264 e. The van der Waals surface area contributed by atoms with E-state index in [0.717, 1.165) is 16.8 Å². The van der Waals surface area contributed by atoms with Crippen LogP contribution in [0.25, 0.3) is 17.4 Å². The molecule has 1 aliphatic heterocycles. The van der Waals surface area contributed by atoms with Crippen LogP contribution >= 0.6 is 23.4 Å². The van der Waals surface area contributed by atoms with Crippen molar-refractivity contribution in [3.8, 4) is 11.3 Å². The number of furan rings is 1. The molecule has 0 aliphatic carbocycles. The molecule has 6 heteroatoms. The minimum atomic E-state index is -0.191. The van der Waals surface area contributed by atoms with Crippen molar-refractivity contribution in [1.82, 2.24) is 5.32 Å². The Morgan fingerprint density at radius 2 is 1.89 bits per heavy atom. The van der Waals surface area contributed by atoms with Crippen molar-refractivity contribution in [3.05, 3.63) is 81.4 Å². The average Bonchev–Trinajstić information content (AvgIpc) is 3.26. The first kappa shape index (κ1) is 18.6. The molecule has 2 heterocycles. The summed E-state index contributed by atoms with van der Waals surface area (Å²) >= 11 is 7.51. The molecule has 0 saturated carbocycles. The van der Waals surface area contributed by atoms with Gasteiger partial charge in [-0.15, -0.1) is 0 Å². The van der Waals surface area contributed by atoms with Gasteiger partial charge in [0, 0.05) is 11.6 Å². The summed E-state index contributed by atoms with van der Waals surface area (Å²) < 4.78 is 5.85. The third kappa shape index (κ3) is 3.91. The van der Waals surface area contributed by atoms with Crippen molar-refractivity contribution in [2.45, 2.75) is 13.8 Å². The van der Waals surface area contributed by atoms with Gasteiger partial charge >= 0.3 is 0 Å². The topological polar surface area (TPSA) is 54.6 Å². The zero-order valence-corrected chi connectivity index (χ0v) is 16.9. The third-order valence-electron chi connectivity index (χ3n) is 4.41. The lowest BCUT2D eigenvalue weighted by Gasteiger charge is -2.01. The Morgan fingerprint density at radius 3 is 2.68 bits per heavy atom. The smallest absolute Gasteiger partial charge is 0.264 e. The SMILES string of the molecule is Cc1ccc(N=C2NC(=O)/C(=C\c3ccc(-c4ccccc4Cl)o3)S2)cc1C. The highest BCUT2D eigenvalue weighted by molar-refractivity contribution is 8.18. The standard InChI is InChI=1S/C22H17ClN2O2S/c1-13-7-8-15(11-14(13)2)24-22-25-21(26)20(28-22)12-16-9-10-19(27-16)17-5-3-4-6-18(17)23/h3-12H,1-2H3,(H,24,25,26)/b20-12+. The summed E-state index contributed by atoms with van der Waals surface area (Å²) in [6, 6.07) is 17.1. The van der Waals surface area contributed by atoms with Crippen LogP contribution in [0.4, 0.5) is 5.69 Å². The van der Waals surface area contributed by atoms with Gasteiger partial charge in [-0.3, -0.25) is 4.79 Å². The fourth-order valence-corrected chi connectivity index (χ4v) is 3.81. The minimum Gasteiger partial charge on any atom is -0.457 e. The van der Waals surface area contributed by atoms with Crippen molar-refractivity contribution < 1.29 is 9.21 Å². The lowest BCUT2D eigenvalue weighted by Crippen LogP contribution is -2.19. The Labute approximate surface area is 172 Å². The maximum atomic E-state index is 12.3. The number of rotatable bonds is 3. The van der Waals surface area contributed by atoms with Gasteiger partial charge in [0.05, 0.1) is 15.6 Å². The second-order valence-electron chi connectivity index (χ2n) is 6.43. The van der Waals surface area contributed by atoms with Crippen LogP contribution < -0.4 is 5.32 Å². The van der Waals surface area contributed by atoms with Gasteiger partial charge in [-0.2, -0.15) is 0 Å². The highest BCUT2D eigenvalue weighted by atomic mass is 35.5. The van der Waals surface area contributed by atoms with Crippen molar-refractivity contribution >= 4 is 46.2 Å². The molecule has 1 amide bonds. The van der Waals surface area contributed by atoms with E-state index in [4.69, 9.17) is 16.0 Å². The summed E-state index contributed by atoms with van der Waals surface area (Å²) in [6.45, 7) is 4.09. The van der Waals surface area contributed by atoms with Gasteiger partial charge in [-0.1, -0.05) is 29.8 Å². The molecular weight excluding hydrogens is 392 g/mol. The summed E-state index contributed by atoms with van der Waals surface area (Å²) in [7, 11) is 0. The van der Waals surface area contributed by atoms with Crippen LogP contribution in [0, 0.1) is 13.8 Å². The van der Waals surface area contributed by atoms with Gasteiger partial charge in [0.2, 0.25) is 0 Å². The second-order valence-corrected chi connectivity index (χ2v) is 7.87. The number of hydrogen-bond donors (Lipinski definition) is 1. The van der Waals surface area contributed by atoms with Gasteiger partial charge in [-0.05, 0) is 73.1 Å². The van der Waals surface area contributed by atoms with Gasteiger partial charge in [0.25, 0.3) is 5.91 Å². The number of amides is 1. The summed E-state index contributed by atoms with van der Waals surface area (Å²) in [4.78, 5) is 17.3. The van der Waals surface area contributed by atoms with Crippen LogP contribution in [0.5, 0.6) is 0 Å². The van der Waals surface area contributed by atoms with Gasteiger partial charge in [-0.25, -0.2) is 4.99 Å². The molecule has 2 aromatic carbocycles. The first-order chi connectivity index (χ1) is 13.5. The van der Waals surface area contributed by atoms with Gasteiger partial charge in [0.1, 0.15) is 11.5 Å². The number of benzene rings is 2. The van der Waals surface area contributed by atoms with Crippen molar-refractivity contribution in [2.75, 3.05) is 0 Å². The molecule has 0 unspecified atom stereocenters. The van der Waals surface area contributed by atoms with E-state index < -0.39 is 0 Å². The van der Waals surface area contributed by atoms with Crippen LogP contribution in [-0.2, 0) is 4.79 Å². The molecule has 1 fully saturated rings. The fourth-order valence-electron chi connectivity index (χ4n) is 2.76. The number of amidine groups is 1. The van der Waals surface area contributed by atoms with E-state index in [1.54, 1.807) is 6.08 Å². The molecule has 0 radical (unpaired) electrons. The number of thioether (sulfide) groups is 1. The van der Waals surface area contributed by atoms with Crippen LogP contribution in [0.15, 0.2) is 68.9 Å². The lowest BCUT2D eigenvalue weighted by molar-refractivity contribution is -0.115. The van der Waals surface area contributed by atoms with E-state index in [-0.39, 0.29) is 5.91 Å². The van der Waals surface area contributed by atoms with Crippen molar-refractivity contribution in [1.29, 1.82) is 0 Å². The van der Waals surface area contributed by atoms with Crippen LogP contribution in [0.2, 0.25) is 5.02 Å². The number of carbonyl (C=O) groups is 1. The summed E-state index contributed by atoms with van der Waals surface area (Å²) in [5.74, 6) is 1.05. The number of halogens is 1. The number of carbonyl (C=O) groups excluding carboxylic acids is 1. The highest BCUT2D eigenvalue weighted by Crippen LogP contribution is 2.32. The van der Waals surface area contributed by atoms with Crippen molar-refractivity contribution in [2.24, 2.45) is 4.99 Å². The molecule has 3 aromatic rings. The Kier molecular flexibility index (Phi) is 5.11. The number of aryl methyl sites for hydroxylation is 2. The largest absolute Gasteiger partial charge is 0.457 e. The van der Waals surface area contributed by atoms with E-state index in [1.165, 1.54) is 17.3 Å². The minimum absolute atomic E-state index is 0.191. The van der Waals surface area contributed by atoms with E-state index >= 15 is 0 Å². The molecule has 140 valence electrons. The third-order valence-corrected chi connectivity index (χ3v) is 5.65. The first-order valence-corrected chi connectivity index (χ1v) is 9.90. The van der Waals surface area contributed by atoms with Crippen LogP contribution in [-0.4, -0.2) is 11.1 Å². The van der Waals surface area contributed by atoms with Gasteiger partial charge < -0.3 is 9.73 Å². The molecule has 0 atom stereocenters. The molecule has 1 N–H and O–H groups in total. The molecule has 1 aromatic heterocycles. The first-order valence-electron chi connectivity index (χ1n) is 8.71. The number of hydrogen-bond acceptors (Lipinski definition) is 4. The van der Waals surface area contributed by atoms with Crippen molar-refractivity contribution in [3.63, 3.8) is 0 Å². The Morgan fingerprint density at radius 1 is 1.07 bits per heavy atom. The quantitative estimate of drug-likeness (QED) is 0.532. The van der Waals surface area contributed by atoms with Crippen LogP contribution in [0.3, 0.4) is 0 Å². The summed E-state index contributed by atoms with van der Waals surface area (Å²) in [6.07, 6.45) is 1.71.